The summed E-state index contributed by atoms with van der Waals surface area (Å²) in [5, 5.41) is 1.39. The SMILES string of the molecule is Cc1ccc(Cl)cc1N1CCN(C(=O)COCc2ccccc2Cl)CC1. The van der Waals surface area contributed by atoms with Crippen molar-refractivity contribution in [2.24, 2.45) is 0 Å². The van der Waals surface area contributed by atoms with E-state index in [2.05, 4.69) is 11.8 Å². The standard InChI is InChI=1S/C20H22Cl2N2O2/c1-15-6-7-17(21)12-19(15)23-8-10-24(11-9-23)20(25)14-26-13-16-4-2-3-5-18(16)22/h2-7,12H,8-11,13-14H2,1H3. The van der Waals surface area contributed by atoms with E-state index >= 15 is 0 Å². The minimum absolute atomic E-state index is 0.0134. The van der Waals surface area contributed by atoms with Gasteiger partial charge in [-0.1, -0.05) is 47.5 Å². The summed E-state index contributed by atoms with van der Waals surface area (Å²) in [5.74, 6) is 0.0134. The van der Waals surface area contributed by atoms with Gasteiger partial charge in [0.2, 0.25) is 5.91 Å². The van der Waals surface area contributed by atoms with E-state index in [-0.39, 0.29) is 12.5 Å². The molecule has 0 aromatic heterocycles. The van der Waals surface area contributed by atoms with Crippen molar-refractivity contribution in [3.8, 4) is 0 Å². The van der Waals surface area contributed by atoms with Crippen LogP contribution in [-0.2, 0) is 16.1 Å². The summed E-state index contributed by atoms with van der Waals surface area (Å²) in [6.07, 6.45) is 0. The van der Waals surface area contributed by atoms with E-state index in [1.165, 1.54) is 5.56 Å². The highest BCUT2D eigenvalue weighted by Crippen LogP contribution is 2.25. The molecule has 4 nitrogen and oxygen atoms in total. The van der Waals surface area contributed by atoms with Crippen molar-refractivity contribution in [3.05, 3.63) is 63.6 Å². The summed E-state index contributed by atoms with van der Waals surface area (Å²) in [6.45, 7) is 5.43. The normalized spacial score (nSPS) is 14.6. The van der Waals surface area contributed by atoms with Crippen LogP contribution in [-0.4, -0.2) is 43.6 Å². The lowest BCUT2D eigenvalue weighted by atomic mass is 10.1. The summed E-state index contributed by atoms with van der Waals surface area (Å²) >= 11 is 12.2. The Kier molecular flexibility index (Phi) is 6.41. The number of ether oxygens (including phenoxy) is 1. The van der Waals surface area contributed by atoms with Crippen molar-refractivity contribution in [3.63, 3.8) is 0 Å². The van der Waals surface area contributed by atoms with E-state index in [0.29, 0.717) is 24.7 Å². The fourth-order valence-corrected chi connectivity index (χ4v) is 3.43. The monoisotopic (exact) mass is 392 g/mol. The van der Waals surface area contributed by atoms with Crippen molar-refractivity contribution >= 4 is 34.8 Å². The van der Waals surface area contributed by atoms with E-state index in [1.807, 2.05) is 47.4 Å². The van der Waals surface area contributed by atoms with Crippen LogP contribution in [0.2, 0.25) is 10.0 Å². The molecule has 1 fully saturated rings. The molecular formula is C20H22Cl2N2O2. The maximum absolute atomic E-state index is 12.4. The lowest BCUT2D eigenvalue weighted by Crippen LogP contribution is -2.50. The van der Waals surface area contributed by atoms with E-state index in [9.17, 15) is 4.79 Å². The Bertz CT molecular complexity index is 774. The largest absolute Gasteiger partial charge is 0.368 e. The van der Waals surface area contributed by atoms with Crippen molar-refractivity contribution in [1.29, 1.82) is 0 Å². The number of halogens is 2. The van der Waals surface area contributed by atoms with Crippen molar-refractivity contribution < 1.29 is 9.53 Å². The molecule has 2 aromatic rings. The maximum Gasteiger partial charge on any atom is 0.248 e. The quantitative estimate of drug-likeness (QED) is 0.765. The highest BCUT2D eigenvalue weighted by molar-refractivity contribution is 6.31. The molecule has 0 atom stereocenters. The Morgan fingerprint density at radius 2 is 1.81 bits per heavy atom. The molecule has 0 N–H and O–H groups in total. The van der Waals surface area contributed by atoms with Gasteiger partial charge < -0.3 is 14.5 Å². The third-order valence-electron chi connectivity index (χ3n) is 4.59. The summed E-state index contributed by atoms with van der Waals surface area (Å²) in [7, 11) is 0. The Balaban J connectivity index is 1.48. The zero-order valence-corrected chi connectivity index (χ0v) is 16.3. The number of rotatable bonds is 5. The molecule has 138 valence electrons. The van der Waals surface area contributed by atoms with Crippen LogP contribution in [0.3, 0.4) is 0 Å². The lowest BCUT2D eigenvalue weighted by molar-refractivity contribution is -0.136. The van der Waals surface area contributed by atoms with Gasteiger partial charge in [0.25, 0.3) is 0 Å². The van der Waals surface area contributed by atoms with Gasteiger partial charge in [0, 0.05) is 41.9 Å². The third kappa shape index (κ3) is 4.70. The fraction of sp³-hybridized carbons (Fsp3) is 0.350. The molecule has 0 saturated carbocycles. The van der Waals surface area contributed by atoms with Crippen LogP contribution in [0.5, 0.6) is 0 Å². The number of hydrogen-bond acceptors (Lipinski definition) is 3. The zero-order valence-electron chi connectivity index (χ0n) is 14.8. The highest BCUT2D eigenvalue weighted by atomic mass is 35.5. The van der Waals surface area contributed by atoms with Gasteiger partial charge in [0.15, 0.2) is 0 Å². The summed E-state index contributed by atoms with van der Waals surface area (Å²) in [6, 6.07) is 13.4. The van der Waals surface area contributed by atoms with Crippen LogP contribution in [0.25, 0.3) is 0 Å². The van der Waals surface area contributed by atoms with Gasteiger partial charge in [0.05, 0.1) is 6.61 Å². The molecule has 3 rings (SSSR count). The third-order valence-corrected chi connectivity index (χ3v) is 5.19. The first-order valence-electron chi connectivity index (χ1n) is 8.64. The van der Waals surface area contributed by atoms with Crippen LogP contribution in [0, 0.1) is 6.92 Å². The Morgan fingerprint density at radius 3 is 2.54 bits per heavy atom. The first kappa shape index (κ1) is 19.0. The van der Waals surface area contributed by atoms with Gasteiger partial charge in [-0.25, -0.2) is 0 Å². The molecule has 26 heavy (non-hydrogen) atoms. The van der Waals surface area contributed by atoms with E-state index < -0.39 is 0 Å². The summed E-state index contributed by atoms with van der Waals surface area (Å²) in [4.78, 5) is 16.5. The minimum Gasteiger partial charge on any atom is -0.368 e. The number of carbonyl (C=O) groups excluding carboxylic acids is 1. The molecule has 0 unspecified atom stereocenters. The molecular weight excluding hydrogens is 371 g/mol. The molecule has 2 aromatic carbocycles. The minimum atomic E-state index is 0.0134. The van der Waals surface area contributed by atoms with Crippen LogP contribution in [0.4, 0.5) is 5.69 Å². The number of amides is 1. The van der Waals surface area contributed by atoms with Crippen LogP contribution >= 0.6 is 23.2 Å². The number of benzene rings is 2. The predicted octanol–water partition coefficient (Wildman–Crippen LogP) is 4.17. The topological polar surface area (TPSA) is 32.8 Å². The molecule has 6 heteroatoms. The second kappa shape index (κ2) is 8.76. The molecule has 1 saturated heterocycles. The van der Waals surface area contributed by atoms with E-state index in [1.54, 1.807) is 0 Å². The van der Waals surface area contributed by atoms with Gasteiger partial charge in [-0.05, 0) is 36.2 Å². The molecule has 1 aliphatic rings. The number of hydrogen-bond donors (Lipinski definition) is 0. The van der Waals surface area contributed by atoms with E-state index in [4.69, 9.17) is 27.9 Å². The Hall–Kier alpha value is -1.75. The van der Waals surface area contributed by atoms with Gasteiger partial charge in [-0.15, -0.1) is 0 Å². The van der Waals surface area contributed by atoms with Gasteiger partial charge in [-0.2, -0.15) is 0 Å². The second-order valence-electron chi connectivity index (χ2n) is 6.38. The average molecular weight is 393 g/mol. The lowest BCUT2D eigenvalue weighted by Gasteiger charge is -2.36. The molecule has 1 aliphatic heterocycles. The van der Waals surface area contributed by atoms with Crippen molar-refractivity contribution in [2.45, 2.75) is 13.5 Å². The molecule has 0 radical (unpaired) electrons. The van der Waals surface area contributed by atoms with Crippen molar-refractivity contribution in [1.82, 2.24) is 4.90 Å². The fourth-order valence-electron chi connectivity index (χ4n) is 3.08. The molecule has 1 heterocycles. The first-order valence-corrected chi connectivity index (χ1v) is 9.40. The predicted molar refractivity (Wildman–Crippen MR) is 106 cm³/mol. The average Bonchev–Trinajstić information content (AvgIpc) is 2.65. The molecule has 0 spiro atoms. The van der Waals surface area contributed by atoms with Crippen LogP contribution < -0.4 is 4.90 Å². The maximum atomic E-state index is 12.4. The van der Waals surface area contributed by atoms with E-state index in [0.717, 1.165) is 29.4 Å². The van der Waals surface area contributed by atoms with Crippen molar-refractivity contribution in [2.75, 3.05) is 37.7 Å². The number of piperazine rings is 1. The Morgan fingerprint density at radius 1 is 1.08 bits per heavy atom. The summed E-state index contributed by atoms with van der Waals surface area (Å²) in [5.41, 5.74) is 3.22. The number of carbonyl (C=O) groups is 1. The molecule has 1 amide bonds. The van der Waals surface area contributed by atoms with Gasteiger partial charge in [-0.3, -0.25) is 4.79 Å². The van der Waals surface area contributed by atoms with Crippen LogP contribution in [0.1, 0.15) is 11.1 Å². The highest BCUT2D eigenvalue weighted by Gasteiger charge is 2.22. The first-order chi connectivity index (χ1) is 12.5. The smallest absolute Gasteiger partial charge is 0.248 e. The molecule has 0 aliphatic carbocycles. The van der Waals surface area contributed by atoms with Gasteiger partial charge >= 0.3 is 0 Å². The number of anilines is 1. The number of aryl methyl sites for hydroxylation is 1. The second-order valence-corrected chi connectivity index (χ2v) is 7.23. The number of nitrogens with zero attached hydrogens (tertiary/aromatic N) is 2. The van der Waals surface area contributed by atoms with Gasteiger partial charge in [0.1, 0.15) is 6.61 Å². The van der Waals surface area contributed by atoms with Crippen LogP contribution in [0.15, 0.2) is 42.5 Å². The summed E-state index contributed by atoms with van der Waals surface area (Å²) < 4.78 is 5.56. The zero-order chi connectivity index (χ0) is 18.5. The Labute approximate surface area is 164 Å². The molecule has 0 bridgehead atoms.